The van der Waals surface area contributed by atoms with Crippen molar-refractivity contribution in [3.05, 3.63) is 5.32 Å². The molecular formula is C17H41FeNOP2. The van der Waals surface area contributed by atoms with E-state index in [1.165, 1.54) is 12.3 Å². The third-order valence-electron chi connectivity index (χ3n) is 4.08. The Balaban J connectivity index is -0.00000115. The summed E-state index contributed by atoms with van der Waals surface area (Å²) >= 11 is 0. The molecule has 0 bridgehead atoms. The van der Waals surface area contributed by atoms with Crippen molar-refractivity contribution in [1.29, 1.82) is 0 Å². The molecule has 0 N–H and O–H groups in total. The van der Waals surface area contributed by atoms with Gasteiger partial charge in [0.1, 0.15) is 0 Å². The van der Waals surface area contributed by atoms with E-state index in [0.717, 1.165) is 35.7 Å². The summed E-state index contributed by atoms with van der Waals surface area (Å²) < 4.78 is 0. The number of nitrogens with zero attached hydrogens (tertiary/aromatic N) is 1. The molecular weight excluding hydrogens is 352 g/mol. The van der Waals surface area contributed by atoms with Crippen LogP contribution in [-0.4, -0.2) is 54.8 Å². The minimum absolute atomic E-state index is 0. The van der Waals surface area contributed by atoms with Crippen LogP contribution in [0.25, 0.3) is 5.32 Å². The van der Waals surface area contributed by atoms with Gasteiger partial charge in [0.2, 0.25) is 0 Å². The van der Waals surface area contributed by atoms with Crippen LogP contribution in [0.4, 0.5) is 0 Å². The number of carbonyl (C=O) groups excluding carboxylic acids is 1. The first kappa shape index (κ1) is 27.8. The summed E-state index contributed by atoms with van der Waals surface area (Å²) in [6.45, 7) is 24.7. The van der Waals surface area contributed by atoms with Crippen LogP contribution in [0.3, 0.4) is 0 Å². The Morgan fingerprint density at radius 2 is 0.909 bits per heavy atom. The van der Waals surface area contributed by atoms with Gasteiger partial charge in [-0.15, -0.1) is 13.1 Å². The molecule has 0 heterocycles. The van der Waals surface area contributed by atoms with E-state index in [-0.39, 0.29) is 32.9 Å². The van der Waals surface area contributed by atoms with Crippen LogP contribution < -0.4 is 0 Å². The maximum absolute atomic E-state index is 7.75. The summed E-state index contributed by atoms with van der Waals surface area (Å²) in [4.78, 5) is 7.75. The first-order chi connectivity index (χ1) is 9.77. The third kappa shape index (κ3) is 13.4. The van der Waals surface area contributed by atoms with Gasteiger partial charge in [-0.3, -0.25) is 6.79 Å². The molecule has 22 heavy (non-hydrogen) atoms. The fourth-order valence-electron chi connectivity index (χ4n) is 3.02. The summed E-state index contributed by atoms with van der Waals surface area (Å²) in [7, 11) is -0.394. The molecule has 0 aromatic heterocycles. The Bertz CT molecular complexity index is 201. The van der Waals surface area contributed by atoms with Crippen LogP contribution >= 0.6 is 15.8 Å². The first-order valence-corrected chi connectivity index (χ1v) is 12.1. The van der Waals surface area contributed by atoms with Crippen LogP contribution in [0.1, 0.15) is 55.4 Å². The molecule has 0 spiro atoms. The second-order valence-electron chi connectivity index (χ2n) is 6.94. The molecule has 0 amide bonds. The minimum atomic E-state index is -0.197. The van der Waals surface area contributed by atoms with Gasteiger partial charge in [-0.1, -0.05) is 0 Å². The Hall–Kier alpha value is 1.01. The van der Waals surface area contributed by atoms with Crippen molar-refractivity contribution in [3.63, 3.8) is 0 Å². The van der Waals surface area contributed by atoms with Crippen molar-refractivity contribution >= 4 is 22.6 Å². The molecule has 0 aromatic carbocycles. The second kappa shape index (κ2) is 16.9. The predicted octanol–water partition coefficient (Wildman–Crippen LogP) is 4.61. The number of hydrogen-bond acceptors (Lipinski definition) is 1. The molecule has 0 aliphatic rings. The normalized spacial score (nSPS) is 11.4. The standard InChI is InChI=1S/C16H36NP2.CHO.Fe.2H/c1-13(2)18(14(3)4)11-9-17-10-12-19(15(5)6)16(7)8;1-2;;;/h13-16H,9-12H2,1-8H3;1H;;;/q2*-1;;;/p+2. The summed E-state index contributed by atoms with van der Waals surface area (Å²) in [5, 5.41) is 4.83. The van der Waals surface area contributed by atoms with Crippen molar-refractivity contribution in [2.75, 3.05) is 25.4 Å². The van der Waals surface area contributed by atoms with Gasteiger partial charge in [0.05, 0.1) is 22.6 Å². The van der Waals surface area contributed by atoms with Crippen LogP contribution in [-0.2, 0) is 21.9 Å². The van der Waals surface area contributed by atoms with E-state index in [2.05, 4.69) is 62.2 Å². The Morgan fingerprint density at radius 1 is 0.682 bits per heavy atom. The van der Waals surface area contributed by atoms with E-state index in [1.54, 1.807) is 0 Å². The van der Waals surface area contributed by atoms with E-state index in [4.69, 9.17) is 10.1 Å². The van der Waals surface area contributed by atoms with Gasteiger partial charge in [0.15, 0.2) is 0 Å². The summed E-state index contributed by atoms with van der Waals surface area (Å²) in [5.41, 5.74) is 3.58. The van der Waals surface area contributed by atoms with Gasteiger partial charge in [0.25, 0.3) is 0 Å². The van der Waals surface area contributed by atoms with E-state index in [1.807, 2.05) is 0 Å². The molecule has 0 aliphatic heterocycles. The zero-order valence-corrected chi connectivity index (χ0v) is 19.3. The monoisotopic (exact) mass is 393 g/mol. The van der Waals surface area contributed by atoms with Crippen molar-refractivity contribution in [1.82, 2.24) is 0 Å². The summed E-state index contributed by atoms with van der Waals surface area (Å²) in [5.74, 6) is 0. The van der Waals surface area contributed by atoms with Crippen LogP contribution in [0.2, 0.25) is 0 Å². The predicted molar refractivity (Wildman–Crippen MR) is 110 cm³/mol. The maximum atomic E-state index is 7.75. The zero-order valence-electron chi connectivity index (χ0n) is 16.0. The molecule has 5 heteroatoms. The Labute approximate surface area is 153 Å². The van der Waals surface area contributed by atoms with Gasteiger partial charge in [-0.25, -0.2) is 0 Å². The molecule has 2 nitrogen and oxygen atoms in total. The Morgan fingerprint density at radius 3 is 1.09 bits per heavy atom. The topological polar surface area (TPSA) is 31.2 Å². The van der Waals surface area contributed by atoms with E-state index >= 15 is 0 Å². The van der Waals surface area contributed by atoms with Gasteiger partial charge >= 0.3 is 17.1 Å². The molecule has 0 rings (SSSR count). The fourth-order valence-corrected chi connectivity index (χ4v) is 8.82. The van der Waals surface area contributed by atoms with E-state index in [9.17, 15) is 0 Å². The molecule has 0 fully saturated rings. The van der Waals surface area contributed by atoms with Crippen LogP contribution in [0, 0.1) is 0 Å². The van der Waals surface area contributed by atoms with Crippen molar-refractivity contribution in [3.8, 4) is 0 Å². The summed E-state index contributed by atoms with van der Waals surface area (Å²) in [6, 6.07) is 0. The quantitative estimate of drug-likeness (QED) is 0.175. The molecule has 0 aromatic rings. The Kier molecular flexibility index (Phi) is 21.3. The fraction of sp³-hybridized carbons (Fsp3) is 0.941. The van der Waals surface area contributed by atoms with Crippen molar-refractivity contribution in [2.24, 2.45) is 0 Å². The van der Waals surface area contributed by atoms with E-state index in [0.29, 0.717) is 0 Å². The summed E-state index contributed by atoms with van der Waals surface area (Å²) in [6.07, 6.45) is 2.76. The average Bonchev–Trinajstić information content (AvgIpc) is 2.38. The van der Waals surface area contributed by atoms with Gasteiger partial charge in [-0.2, -0.15) is 0 Å². The third-order valence-corrected chi connectivity index (χ3v) is 11.6. The molecule has 0 unspecified atom stereocenters. The molecule has 0 atom stereocenters. The second-order valence-corrected chi connectivity index (χ2v) is 14.9. The van der Waals surface area contributed by atoms with Crippen molar-refractivity contribution in [2.45, 2.75) is 78.0 Å². The number of rotatable bonds is 10. The van der Waals surface area contributed by atoms with Crippen molar-refractivity contribution < 1.29 is 21.9 Å². The molecule has 138 valence electrons. The van der Waals surface area contributed by atoms with Gasteiger partial charge in [-0.05, 0) is 55.4 Å². The van der Waals surface area contributed by atoms with Crippen LogP contribution in [0.15, 0.2) is 0 Å². The first-order valence-electron chi connectivity index (χ1n) is 8.35. The van der Waals surface area contributed by atoms with Gasteiger partial charge in [0, 0.05) is 28.2 Å². The number of hydrogen-bond donors (Lipinski definition) is 0. The molecule has 0 saturated heterocycles. The SMILES string of the molecule is CC(C)[PH+](CC[N-]CC[PH+](C(C)C)C(C)C)C(C)C.[CH-]=O.[FeH2]. The van der Waals surface area contributed by atoms with Crippen LogP contribution in [0.5, 0.6) is 0 Å². The average molecular weight is 393 g/mol. The van der Waals surface area contributed by atoms with E-state index < -0.39 is 0 Å². The zero-order chi connectivity index (χ0) is 17.0. The molecule has 0 aliphatic carbocycles. The molecule has 0 saturated carbocycles. The molecule has 0 radical (unpaired) electrons. The van der Waals surface area contributed by atoms with Gasteiger partial charge < -0.3 is 10.1 Å².